The van der Waals surface area contributed by atoms with Crippen LogP contribution in [0.5, 0.6) is 0 Å². The standard InChI is InChI=1S/C13H24F2N2/c14-13(15)5-3-4-12(10-13)11-16-6-9-17-7-1-2-8-17/h12,16H,1-11H2. The van der Waals surface area contributed by atoms with E-state index in [4.69, 9.17) is 0 Å². The third kappa shape index (κ3) is 4.51. The molecule has 1 atom stereocenters. The zero-order valence-corrected chi connectivity index (χ0v) is 10.6. The third-order valence-corrected chi connectivity index (χ3v) is 3.98. The topological polar surface area (TPSA) is 15.3 Å². The molecule has 0 spiro atoms. The lowest BCUT2D eigenvalue weighted by atomic mass is 9.86. The summed E-state index contributed by atoms with van der Waals surface area (Å²) in [4.78, 5) is 2.45. The largest absolute Gasteiger partial charge is 0.315 e. The second-order valence-corrected chi connectivity index (χ2v) is 5.57. The Morgan fingerprint density at radius 3 is 2.65 bits per heavy atom. The molecule has 0 radical (unpaired) electrons. The summed E-state index contributed by atoms with van der Waals surface area (Å²) < 4.78 is 26.3. The second kappa shape index (κ2) is 6.10. The summed E-state index contributed by atoms with van der Waals surface area (Å²) in [7, 11) is 0. The van der Waals surface area contributed by atoms with Gasteiger partial charge in [0.15, 0.2) is 0 Å². The molecule has 100 valence electrons. The summed E-state index contributed by atoms with van der Waals surface area (Å²) in [5.74, 6) is -2.23. The van der Waals surface area contributed by atoms with Crippen molar-refractivity contribution >= 4 is 0 Å². The van der Waals surface area contributed by atoms with Gasteiger partial charge in [-0.1, -0.05) is 0 Å². The third-order valence-electron chi connectivity index (χ3n) is 3.98. The van der Waals surface area contributed by atoms with E-state index in [1.165, 1.54) is 25.9 Å². The number of nitrogens with zero attached hydrogens (tertiary/aromatic N) is 1. The molecule has 0 amide bonds. The molecule has 1 N–H and O–H groups in total. The van der Waals surface area contributed by atoms with E-state index in [9.17, 15) is 8.78 Å². The van der Waals surface area contributed by atoms with E-state index in [2.05, 4.69) is 10.2 Å². The van der Waals surface area contributed by atoms with Gasteiger partial charge in [-0.05, 0) is 51.2 Å². The van der Waals surface area contributed by atoms with Crippen LogP contribution in [0.1, 0.15) is 38.5 Å². The molecule has 0 aromatic rings. The fourth-order valence-corrected chi connectivity index (χ4v) is 3.00. The van der Waals surface area contributed by atoms with Gasteiger partial charge in [0.2, 0.25) is 5.92 Å². The van der Waals surface area contributed by atoms with Crippen LogP contribution in [0.15, 0.2) is 0 Å². The van der Waals surface area contributed by atoms with Crippen molar-refractivity contribution in [3.05, 3.63) is 0 Å². The molecule has 2 nitrogen and oxygen atoms in total. The summed E-state index contributed by atoms with van der Waals surface area (Å²) in [6, 6.07) is 0. The summed E-state index contributed by atoms with van der Waals surface area (Å²) in [6.45, 7) is 5.21. The van der Waals surface area contributed by atoms with Crippen LogP contribution >= 0.6 is 0 Å². The van der Waals surface area contributed by atoms with Gasteiger partial charge in [-0.3, -0.25) is 0 Å². The van der Waals surface area contributed by atoms with Gasteiger partial charge in [-0.15, -0.1) is 0 Å². The number of hydrogen-bond donors (Lipinski definition) is 1. The maximum atomic E-state index is 13.2. The van der Waals surface area contributed by atoms with Crippen LogP contribution in [0.25, 0.3) is 0 Å². The molecule has 2 aliphatic rings. The Bertz CT molecular complexity index is 227. The highest BCUT2D eigenvalue weighted by Crippen LogP contribution is 2.36. The molecule has 0 aromatic heterocycles. The van der Waals surface area contributed by atoms with Crippen LogP contribution in [-0.4, -0.2) is 43.5 Å². The van der Waals surface area contributed by atoms with E-state index in [-0.39, 0.29) is 18.8 Å². The van der Waals surface area contributed by atoms with Crippen molar-refractivity contribution in [2.75, 3.05) is 32.7 Å². The SMILES string of the molecule is FC1(F)CCCC(CNCCN2CCCC2)C1. The van der Waals surface area contributed by atoms with E-state index in [1.807, 2.05) is 0 Å². The molecular formula is C13H24F2N2. The Morgan fingerprint density at radius 2 is 1.94 bits per heavy atom. The maximum Gasteiger partial charge on any atom is 0.248 e. The fourth-order valence-electron chi connectivity index (χ4n) is 3.00. The van der Waals surface area contributed by atoms with Gasteiger partial charge in [0, 0.05) is 25.9 Å². The monoisotopic (exact) mass is 246 g/mol. The van der Waals surface area contributed by atoms with Crippen molar-refractivity contribution in [3.63, 3.8) is 0 Å². The smallest absolute Gasteiger partial charge is 0.248 e. The molecule has 0 bridgehead atoms. The average Bonchev–Trinajstić information content (AvgIpc) is 2.76. The molecule has 1 heterocycles. The van der Waals surface area contributed by atoms with E-state index >= 15 is 0 Å². The fraction of sp³-hybridized carbons (Fsp3) is 1.00. The Kier molecular flexibility index (Phi) is 4.74. The summed E-state index contributed by atoms with van der Waals surface area (Å²) >= 11 is 0. The Balaban J connectivity index is 1.55. The van der Waals surface area contributed by atoms with Gasteiger partial charge in [0.25, 0.3) is 0 Å². The summed E-state index contributed by atoms with van der Waals surface area (Å²) in [5, 5.41) is 3.34. The molecule has 1 saturated carbocycles. The lowest BCUT2D eigenvalue weighted by Gasteiger charge is -2.29. The average molecular weight is 246 g/mol. The Labute approximate surface area is 103 Å². The highest BCUT2D eigenvalue weighted by molar-refractivity contribution is 4.79. The number of halogens is 2. The van der Waals surface area contributed by atoms with Crippen molar-refractivity contribution < 1.29 is 8.78 Å². The van der Waals surface area contributed by atoms with Gasteiger partial charge in [0.05, 0.1) is 0 Å². The van der Waals surface area contributed by atoms with Gasteiger partial charge < -0.3 is 10.2 Å². The van der Waals surface area contributed by atoms with E-state index in [0.717, 1.165) is 26.1 Å². The van der Waals surface area contributed by atoms with Crippen LogP contribution in [0.4, 0.5) is 8.78 Å². The van der Waals surface area contributed by atoms with Gasteiger partial charge in [0.1, 0.15) is 0 Å². The van der Waals surface area contributed by atoms with Crippen LogP contribution < -0.4 is 5.32 Å². The second-order valence-electron chi connectivity index (χ2n) is 5.57. The molecule has 17 heavy (non-hydrogen) atoms. The first-order valence-corrected chi connectivity index (χ1v) is 6.97. The molecule has 1 aliphatic carbocycles. The Hall–Kier alpha value is -0.220. The zero-order valence-electron chi connectivity index (χ0n) is 10.6. The van der Waals surface area contributed by atoms with Gasteiger partial charge in [-0.2, -0.15) is 0 Å². The van der Waals surface area contributed by atoms with Crippen molar-refractivity contribution in [1.82, 2.24) is 10.2 Å². The van der Waals surface area contributed by atoms with Crippen LogP contribution in [-0.2, 0) is 0 Å². The molecule has 2 fully saturated rings. The maximum absolute atomic E-state index is 13.2. The molecule has 1 aliphatic heterocycles. The quantitative estimate of drug-likeness (QED) is 0.750. The van der Waals surface area contributed by atoms with Crippen LogP contribution in [0, 0.1) is 5.92 Å². The van der Waals surface area contributed by atoms with Crippen molar-refractivity contribution in [3.8, 4) is 0 Å². The Morgan fingerprint density at radius 1 is 1.18 bits per heavy atom. The lowest BCUT2D eigenvalue weighted by molar-refractivity contribution is -0.0519. The number of nitrogens with one attached hydrogen (secondary N) is 1. The van der Waals surface area contributed by atoms with Crippen LogP contribution in [0.3, 0.4) is 0 Å². The van der Waals surface area contributed by atoms with Crippen LogP contribution in [0.2, 0.25) is 0 Å². The minimum absolute atomic E-state index is 0.0870. The van der Waals surface area contributed by atoms with Crippen molar-refractivity contribution in [2.24, 2.45) is 5.92 Å². The molecule has 1 saturated heterocycles. The summed E-state index contributed by atoms with van der Waals surface area (Å²) in [5.41, 5.74) is 0. The number of rotatable bonds is 5. The predicted octanol–water partition coefficient (Wildman–Crippen LogP) is 2.50. The molecule has 2 rings (SSSR count). The molecule has 1 unspecified atom stereocenters. The highest BCUT2D eigenvalue weighted by Gasteiger charge is 2.35. The first-order valence-electron chi connectivity index (χ1n) is 6.97. The lowest BCUT2D eigenvalue weighted by Crippen LogP contribution is -2.36. The predicted molar refractivity (Wildman–Crippen MR) is 65.4 cm³/mol. The normalized spacial score (nSPS) is 29.6. The minimum Gasteiger partial charge on any atom is -0.315 e. The van der Waals surface area contributed by atoms with Crippen molar-refractivity contribution in [1.29, 1.82) is 0 Å². The molecule has 0 aromatic carbocycles. The first-order chi connectivity index (χ1) is 8.16. The van der Waals surface area contributed by atoms with E-state index in [0.29, 0.717) is 6.42 Å². The highest BCUT2D eigenvalue weighted by atomic mass is 19.3. The number of likely N-dealkylation sites (tertiary alicyclic amines) is 1. The molecule has 4 heteroatoms. The van der Waals surface area contributed by atoms with Gasteiger partial charge in [-0.25, -0.2) is 8.78 Å². The number of alkyl halides is 2. The van der Waals surface area contributed by atoms with E-state index in [1.54, 1.807) is 0 Å². The number of hydrogen-bond acceptors (Lipinski definition) is 2. The first kappa shape index (κ1) is 13.2. The summed E-state index contributed by atoms with van der Waals surface area (Å²) in [6.07, 6.45) is 4.46. The minimum atomic E-state index is -2.40. The van der Waals surface area contributed by atoms with Gasteiger partial charge >= 0.3 is 0 Å². The molecular weight excluding hydrogens is 222 g/mol. The zero-order chi connectivity index (χ0) is 12.1. The van der Waals surface area contributed by atoms with Crippen molar-refractivity contribution in [2.45, 2.75) is 44.4 Å². The van der Waals surface area contributed by atoms with E-state index < -0.39 is 5.92 Å².